The van der Waals surface area contributed by atoms with E-state index in [-0.39, 0.29) is 12.3 Å². The third-order valence-corrected chi connectivity index (χ3v) is 4.22. The van der Waals surface area contributed by atoms with Gasteiger partial charge in [-0.05, 0) is 6.07 Å². The summed E-state index contributed by atoms with van der Waals surface area (Å²) in [6, 6.07) is 5.06. The van der Waals surface area contributed by atoms with Gasteiger partial charge in [-0.25, -0.2) is 9.18 Å². The lowest BCUT2D eigenvalue weighted by atomic mass is 10.1. The van der Waals surface area contributed by atoms with Gasteiger partial charge in [0.15, 0.2) is 0 Å². The van der Waals surface area contributed by atoms with Gasteiger partial charge in [-0.2, -0.15) is 0 Å². The van der Waals surface area contributed by atoms with Crippen molar-refractivity contribution in [3.63, 3.8) is 0 Å². The Kier molecular flexibility index (Phi) is 4.06. The number of hydrogen-bond acceptors (Lipinski definition) is 4. The Morgan fingerprint density at radius 1 is 1.47 bits per heavy atom. The minimum Gasteiger partial charge on any atom is -0.480 e. The number of hydrogen-bond donors (Lipinski definition) is 2. The molecule has 1 amide bonds. The van der Waals surface area contributed by atoms with Gasteiger partial charge in [-0.15, -0.1) is 11.8 Å². The quantitative estimate of drug-likeness (QED) is 0.858. The second-order valence-corrected chi connectivity index (χ2v) is 5.18. The number of carbonyl (C=O) groups excluding carboxylic acids is 1. The Bertz CT molecular complexity index is 512. The molecule has 1 aromatic rings. The summed E-state index contributed by atoms with van der Waals surface area (Å²) in [6.07, 6.45) is 0. The van der Waals surface area contributed by atoms with Gasteiger partial charge in [-0.3, -0.25) is 4.79 Å². The second-order valence-electron chi connectivity index (χ2n) is 4.07. The number of carboxylic acids is 1. The van der Waals surface area contributed by atoms with Crippen molar-refractivity contribution in [2.24, 2.45) is 5.73 Å². The number of benzene rings is 1. The monoisotopic (exact) mass is 284 g/mol. The summed E-state index contributed by atoms with van der Waals surface area (Å²) in [4.78, 5) is 24.1. The average molecular weight is 284 g/mol. The molecule has 1 aliphatic rings. The van der Waals surface area contributed by atoms with Crippen LogP contribution < -0.4 is 5.73 Å². The van der Waals surface area contributed by atoms with Crippen molar-refractivity contribution >= 4 is 23.6 Å². The molecule has 5 nitrogen and oxygen atoms in total. The molecule has 2 unspecified atom stereocenters. The van der Waals surface area contributed by atoms with E-state index in [0.717, 1.165) is 4.90 Å². The van der Waals surface area contributed by atoms with Crippen LogP contribution in [0, 0.1) is 5.82 Å². The zero-order valence-corrected chi connectivity index (χ0v) is 10.8. The predicted octanol–water partition coefficient (Wildman–Crippen LogP) is 0.812. The topological polar surface area (TPSA) is 83.6 Å². The summed E-state index contributed by atoms with van der Waals surface area (Å²) in [5.74, 6) is -1.83. The average Bonchev–Trinajstić information content (AvgIpc) is 2.83. The summed E-state index contributed by atoms with van der Waals surface area (Å²) in [5.41, 5.74) is 5.61. The maximum atomic E-state index is 13.8. The number of nitrogens with two attached hydrogens (primary N) is 1. The number of amides is 1. The number of carbonyl (C=O) groups is 2. The maximum absolute atomic E-state index is 13.8. The van der Waals surface area contributed by atoms with Gasteiger partial charge in [-0.1, -0.05) is 18.2 Å². The van der Waals surface area contributed by atoms with E-state index in [1.54, 1.807) is 18.2 Å². The molecule has 0 aromatic heterocycles. The van der Waals surface area contributed by atoms with Crippen LogP contribution >= 0.6 is 11.8 Å². The van der Waals surface area contributed by atoms with Crippen LogP contribution in [0.4, 0.5) is 4.39 Å². The molecule has 1 heterocycles. The number of halogens is 1. The molecule has 0 saturated carbocycles. The minimum absolute atomic E-state index is 0.222. The standard InChI is InChI=1S/C12H13FN2O3S/c13-8-4-2-1-3-7(8)11-15(10(16)5-14)9(6-19-11)12(17)18/h1-4,9,11H,5-6,14H2,(H,17,18). The molecule has 102 valence electrons. The lowest BCUT2D eigenvalue weighted by Gasteiger charge is -2.27. The Morgan fingerprint density at radius 2 is 2.16 bits per heavy atom. The fourth-order valence-electron chi connectivity index (χ4n) is 2.02. The lowest BCUT2D eigenvalue weighted by molar-refractivity contribution is -0.148. The van der Waals surface area contributed by atoms with Gasteiger partial charge < -0.3 is 15.7 Å². The van der Waals surface area contributed by atoms with Gasteiger partial charge in [0, 0.05) is 11.3 Å². The molecule has 19 heavy (non-hydrogen) atoms. The molecule has 1 aromatic carbocycles. The fraction of sp³-hybridized carbons (Fsp3) is 0.333. The summed E-state index contributed by atoms with van der Waals surface area (Å²) in [7, 11) is 0. The van der Waals surface area contributed by atoms with Gasteiger partial charge in [0.25, 0.3) is 0 Å². The third-order valence-electron chi connectivity index (χ3n) is 2.92. The number of carboxylic acid groups (broad SMARTS) is 1. The Hall–Kier alpha value is -1.60. The van der Waals surface area contributed by atoms with Crippen molar-refractivity contribution in [3.8, 4) is 0 Å². The van der Waals surface area contributed by atoms with E-state index >= 15 is 0 Å². The minimum atomic E-state index is -1.10. The van der Waals surface area contributed by atoms with Gasteiger partial charge in [0.2, 0.25) is 5.91 Å². The third kappa shape index (κ3) is 2.57. The highest BCUT2D eigenvalue weighted by Gasteiger charge is 2.42. The van der Waals surface area contributed by atoms with E-state index in [1.165, 1.54) is 17.8 Å². The molecule has 1 saturated heterocycles. The molecule has 2 rings (SSSR count). The van der Waals surface area contributed by atoms with Crippen molar-refractivity contribution < 1.29 is 19.1 Å². The van der Waals surface area contributed by atoms with Crippen LogP contribution in [0.1, 0.15) is 10.9 Å². The first-order chi connectivity index (χ1) is 9.06. The van der Waals surface area contributed by atoms with E-state index in [9.17, 15) is 14.0 Å². The Balaban J connectivity index is 2.37. The number of nitrogens with zero attached hydrogens (tertiary/aromatic N) is 1. The van der Waals surface area contributed by atoms with E-state index in [4.69, 9.17) is 10.8 Å². The van der Waals surface area contributed by atoms with Crippen LogP contribution in [0.15, 0.2) is 24.3 Å². The van der Waals surface area contributed by atoms with Crippen molar-refractivity contribution in [2.45, 2.75) is 11.4 Å². The number of thioether (sulfide) groups is 1. The highest BCUT2D eigenvalue weighted by atomic mass is 32.2. The molecule has 2 atom stereocenters. The molecule has 3 N–H and O–H groups in total. The fourth-order valence-corrected chi connectivity index (χ4v) is 3.49. The molecule has 0 radical (unpaired) electrons. The molecule has 7 heteroatoms. The first-order valence-corrected chi connectivity index (χ1v) is 6.71. The number of aliphatic carboxylic acids is 1. The van der Waals surface area contributed by atoms with Crippen LogP contribution in [0.2, 0.25) is 0 Å². The summed E-state index contributed by atoms with van der Waals surface area (Å²) in [5, 5.41) is 8.48. The zero-order chi connectivity index (χ0) is 14.0. The van der Waals surface area contributed by atoms with Crippen LogP contribution in [0.5, 0.6) is 0 Å². The van der Waals surface area contributed by atoms with Crippen LogP contribution in [0.25, 0.3) is 0 Å². The van der Waals surface area contributed by atoms with Crippen LogP contribution in [-0.2, 0) is 9.59 Å². The highest BCUT2D eigenvalue weighted by Crippen LogP contribution is 2.42. The van der Waals surface area contributed by atoms with Crippen molar-refractivity contribution in [2.75, 3.05) is 12.3 Å². The molecular formula is C12H13FN2O3S. The molecule has 1 aliphatic heterocycles. The Morgan fingerprint density at radius 3 is 2.74 bits per heavy atom. The predicted molar refractivity (Wildman–Crippen MR) is 68.9 cm³/mol. The summed E-state index contributed by atoms with van der Waals surface area (Å²) < 4.78 is 13.8. The van der Waals surface area contributed by atoms with E-state index in [1.807, 2.05) is 0 Å². The second kappa shape index (κ2) is 5.58. The smallest absolute Gasteiger partial charge is 0.327 e. The van der Waals surface area contributed by atoms with Crippen LogP contribution in [0.3, 0.4) is 0 Å². The lowest BCUT2D eigenvalue weighted by Crippen LogP contribution is -2.45. The Labute approximate surface area is 113 Å². The first-order valence-electron chi connectivity index (χ1n) is 5.66. The molecule has 1 fully saturated rings. The van der Waals surface area contributed by atoms with E-state index in [2.05, 4.69) is 0 Å². The van der Waals surface area contributed by atoms with Crippen molar-refractivity contribution in [3.05, 3.63) is 35.6 Å². The maximum Gasteiger partial charge on any atom is 0.327 e. The largest absolute Gasteiger partial charge is 0.480 e. The van der Waals surface area contributed by atoms with Crippen molar-refractivity contribution in [1.82, 2.24) is 4.90 Å². The highest BCUT2D eigenvalue weighted by molar-refractivity contribution is 7.99. The normalized spacial score (nSPS) is 22.5. The van der Waals surface area contributed by atoms with Crippen molar-refractivity contribution in [1.29, 1.82) is 0 Å². The number of rotatable bonds is 3. The zero-order valence-electron chi connectivity index (χ0n) is 9.95. The van der Waals surface area contributed by atoms with E-state index < -0.39 is 29.1 Å². The summed E-state index contributed by atoms with van der Waals surface area (Å²) in [6.45, 7) is -0.296. The van der Waals surface area contributed by atoms with E-state index in [0.29, 0.717) is 5.56 Å². The SMILES string of the molecule is NCC(=O)N1C(C(=O)O)CSC1c1ccccc1F. The molecule has 0 aliphatic carbocycles. The molecular weight excluding hydrogens is 271 g/mol. The van der Waals surface area contributed by atoms with Gasteiger partial charge in [0.1, 0.15) is 17.2 Å². The van der Waals surface area contributed by atoms with Gasteiger partial charge in [0.05, 0.1) is 6.54 Å². The van der Waals surface area contributed by atoms with Crippen LogP contribution in [-0.4, -0.2) is 40.2 Å². The molecule has 0 spiro atoms. The first kappa shape index (κ1) is 13.8. The van der Waals surface area contributed by atoms with Gasteiger partial charge >= 0.3 is 5.97 Å². The summed E-state index contributed by atoms with van der Waals surface area (Å²) >= 11 is 1.23. The molecule has 0 bridgehead atoms.